The molecule has 0 saturated heterocycles. The van der Waals surface area contributed by atoms with E-state index in [0.29, 0.717) is 25.0 Å². The zero-order valence-electron chi connectivity index (χ0n) is 16.9. The molecular weight excluding hydrogens is 370 g/mol. The van der Waals surface area contributed by atoms with Gasteiger partial charge in [0.05, 0.1) is 23.4 Å². The first kappa shape index (κ1) is 23.0. The average Bonchev–Trinajstić information content (AvgIpc) is 2.72. The Labute approximate surface area is 171 Å². The second-order valence-corrected chi connectivity index (χ2v) is 7.35. The SMILES string of the molecule is CCCCC[C@H](O)c1nc2ccccc2cc1C=CCCCC(O)C(O)C(=O)O. The molecule has 1 aromatic carbocycles. The molecule has 2 aromatic rings. The number of rotatable bonds is 12. The molecule has 0 saturated carbocycles. The van der Waals surface area contributed by atoms with Crippen molar-refractivity contribution in [2.24, 2.45) is 0 Å². The van der Waals surface area contributed by atoms with Crippen LogP contribution in [0.1, 0.15) is 69.2 Å². The largest absolute Gasteiger partial charge is 0.479 e. The standard InChI is InChI=1S/C23H31NO5/c1-2-3-5-13-19(25)21-17(15-16-10-8-9-12-18(16)24-21)11-6-4-7-14-20(26)22(27)23(28)29/h6,8-12,15,19-20,22,25-27H,2-5,7,13-14H2,1H3,(H,28,29)/t19-,20?,22?/m0/s1. The molecule has 0 radical (unpaired) electrons. The lowest BCUT2D eigenvalue weighted by Crippen LogP contribution is -2.33. The normalized spacial score (nSPS) is 14.9. The Bertz CT molecular complexity index is 820. The summed E-state index contributed by atoms with van der Waals surface area (Å²) in [6, 6.07) is 9.80. The number of aromatic nitrogens is 1. The van der Waals surface area contributed by atoms with Gasteiger partial charge in [0, 0.05) is 5.39 Å². The number of hydrogen-bond acceptors (Lipinski definition) is 5. The van der Waals surface area contributed by atoms with Crippen molar-refractivity contribution in [2.45, 2.75) is 70.2 Å². The van der Waals surface area contributed by atoms with Gasteiger partial charge in [-0.1, -0.05) is 56.5 Å². The molecule has 3 atom stereocenters. The lowest BCUT2D eigenvalue weighted by atomic mass is 10.0. The van der Waals surface area contributed by atoms with Gasteiger partial charge in [0.25, 0.3) is 0 Å². The number of allylic oxidation sites excluding steroid dienone is 1. The molecule has 0 aliphatic heterocycles. The van der Waals surface area contributed by atoms with Crippen LogP contribution in [0.2, 0.25) is 0 Å². The van der Waals surface area contributed by atoms with E-state index in [0.717, 1.165) is 35.7 Å². The number of aliphatic carboxylic acids is 1. The van der Waals surface area contributed by atoms with Gasteiger partial charge < -0.3 is 20.4 Å². The number of carboxylic acids is 1. The van der Waals surface area contributed by atoms with Crippen molar-refractivity contribution >= 4 is 22.9 Å². The first-order valence-corrected chi connectivity index (χ1v) is 10.3. The average molecular weight is 402 g/mol. The molecule has 4 N–H and O–H groups in total. The van der Waals surface area contributed by atoms with Crippen LogP contribution in [0.25, 0.3) is 17.0 Å². The second-order valence-electron chi connectivity index (χ2n) is 7.35. The van der Waals surface area contributed by atoms with E-state index in [1.54, 1.807) is 0 Å². The van der Waals surface area contributed by atoms with Gasteiger partial charge in [0.2, 0.25) is 0 Å². The lowest BCUT2D eigenvalue weighted by Gasteiger charge is -2.14. The molecule has 2 unspecified atom stereocenters. The molecule has 0 bridgehead atoms. The third-order valence-electron chi connectivity index (χ3n) is 4.97. The third kappa shape index (κ3) is 6.92. The van der Waals surface area contributed by atoms with Gasteiger partial charge in [0.15, 0.2) is 6.10 Å². The number of carbonyl (C=O) groups is 1. The molecule has 0 aliphatic carbocycles. The number of carboxylic acid groups (broad SMARTS) is 1. The summed E-state index contributed by atoms with van der Waals surface area (Å²) >= 11 is 0. The predicted octanol–water partition coefficient (Wildman–Crippen LogP) is 3.84. The zero-order chi connectivity index (χ0) is 21.2. The van der Waals surface area contributed by atoms with Crippen molar-refractivity contribution < 1.29 is 25.2 Å². The summed E-state index contributed by atoms with van der Waals surface area (Å²) in [5, 5.41) is 39.3. The number of unbranched alkanes of at least 4 members (excludes halogenated alkanes) is 3. The number of aliphatic hydroxyl groups excluding tert-OH is 3. The number of benzene rings is 1. The van der Waals surface area contributed by atoms with Crippen LogP contribution in [0.15, 0.2) is 36.4 Å². The zero-order valence-corrected chi connectivity index (χ0v) is 16.9. The second kappa shape index (κ2) is 11.7. The topological polar surface area (TPSA) is 111 Å². The van der Waals surface area contributed by atoms with Crippen molar-refractivity contribution in [3.63, 3.8) is 0 Å². The van der Waals surface area contributed by atoms with Gasteiger partial charge in [-0.15, -0.1) is 0 Å². The maximum Gasteiger partial charge on any atom is 0.335 e. The summed E-state index contributed by atoms with van der Waals surface area (Å²) in [7, 11) is 0. The van der Waals surface area contributed by atoms with Gasteiger partial charge in [-0.25, -0.2) is 9.78 Å². The highest BCUT2D eigenvalue weighted by atomic mass is 16.4. The molecule has 6 nitrogen and oxygen atoms in total. The highest BCUT2D eigenvalue weighted by Gasteiger charge is 2.22. The van der Waals surface area contributed by atoms with Crippen LogP contribution < -0.4 is 0 Å². The number of fused-ring (bicyclic) bond motifs is 1. The smallest absolute Gasteiger partial charge is 0.335 e. The lowest BCUT2D eigenvalue weighted by molar-refractivity contribution is -0.153. The number of para-hydroxylation sites is 1. The van der Waals surface area contributed by atoms with Crippen molar-refractivity contribution in [3.8, 4) is 0 Å². The maximum absolute atomic E-state index is 10.7. The Kier molecular flexibility index (Phi) is 9.25. The van der Waals surface area contributed by atoms with Crippen LogP contribution in [-0.4, -0.2) is 43.6 Å². The van der Waals surface area contributed by atoms with Gasteiger partial charge in [-0.05, 0) is 43.4 Å². The maximum atomic E-state index is 10.7. The molecule has 6 heteroatoms. The number of hydrogen-bond donors (Lipinski definition) is 4. The van der Waals surface area contributed by atoms with Gasteiger partial charge in [0.1, 0.15) is 0 Å². The molecule has 0 amide bonds. The minimum atomic E-state index is -1.76. The van der Waals surface area contributed by atoms with Crippen LogP contribution in [0.5, 0.6) is 0 Å². The van der Waals surface area contributed by atoms with E-state index in [4.69, 9.17) is 5.11 Å². The molecule has 0 aliphatic rings. The van der Waals surface area contributed by atoms with E-state index >= 15 is 0 Å². The molecule has 158 valence electrons. The van der Waals surface area contributed by atoms with Crippen LogP contribution in [0.3, 0.4) is 0 Å². The van der Waals surface area contributed by atoms with Gasteiger partial charge in [-0.3, -0.25) is 0 Å². The quantitative estimate of drug-likeness (QED) is 0.402. The highest BCUT2D eigenvalue weighted by molar-refractivity contribution is 5.81. The van der Waals surface area contributed by atoms with Crippen LogP contribution in [0.4, 0.5) is 0 Å². The third-order valence-corrected chi connectivity index (χ3v) is 4.97. The van der Waals surface area contributed by atoms with E-state index in [-0.39, 0.29) is 6.42 Å². The van der Waals surface area contributed by atoms with E-state index in [2.05, 4.69) is 11.9 Å². The Morgan fingerprint density at radius 3 is 2.59 bits per heavy atom. The van der Waals surface area contributed by atoms with Crippen molar-refractivity contribution in [2.75, 3.05) is 0 Å². The summed E-state index contributed by atoms with van der Waals surface area (Å²) in [5.41, 5.74) is 2.37. The van der Waals surface area contributed by atoms with Gasteiger partial charge in [-0.2, -0.15) is 0 Å². The molecule has 0 spiro atoms. The summed E-state index contributed by atoms with van der Waals surface area (Å²) in [4.78, 5) is 15.3. The Hall–Kier alpha value is -2.28. The Morgan fingerprint density at radius 2 is 1.86 bits per heavy atom. The molecule has 1 aromatic heterocycles. The van der Waals surface area contributed by atoms with Crippen LogP contribution in [0, 0.1) is 0 Å². The molecule has 2 rings (SSSR count). The van der Waals surface area contributed by atoms with E-state index in [1.807, 2.05) is 42.5 Å². The van der Waals surface area contributed by atoms with E-state index in [1.165, 1.54) is 0 Å². The monoisotopic (exact) mass is 401 g/mol. The molecule has 0 fully saturated rings. The Balaban J connectivity index is 2.08. The number of nitrogens with zero attached hydrogens (tertiary/aromatic N) is 1. The van der Waals surface area contributed by atoms with Gasteiger partial charge >= 0.3 is 5.97 Å². The van der Waals surface area contributed by atoms with E-state index < -0.39 is 24.3 Å². The first-order valence-electron chi connectivity index (χ1n) is 10.3. The first-order chi connectivity index (χ1) is 13.9. The highest BCUT2D eigenvalue weighted by Crippen LogP contribution is 2.26. The minimum Gasteiger partial charge on any atom is -0.479 e. The summed E-state index contributed by atoms with van der Waals surface area (Å²) in [6.07, 6.45) is 5.29. The number of aliphatic hydroxyl groups is 3. The fourth-order valence-corrected chi connectivity index (χ4v) is 3.25. The Morgan fingerprint density at radius 1 is 1.10 bits per heavy atom. The summed E-state index contributed by atoms with van der Waals surface area (Å²) in [6.45, 7) is 2.13. The van der Waals surface area contributed by atoms with Crippen molar-refractivity contribution in [1.82, 2.24) is 4.98 Å². The molecule has 1 heterocycles. The summed E-state index contributed by atoms with van der Waals surface area (Å²) in [5.74, 6) is -1.42. The fourth-order valence-electron chi connectivity index (χ4n) is 3.25. The van der Waals surface area contributed by atoms with Crippen LogP contribution >= 0.6 is 0 Å². The number of pyridine rings is 1. The minimum absolute atomic E-state index is 0.195. The van der Waals surface area contributed by atoms with Crippen molar-refractivity contribution in [1.29, 1.82) is 0 Å². The van der Waals surface area contributed by atoms with Crippen LogP contribution in [-0.2, 0) is 4.79 Å². The molecule has 29 heavy (non-hydrogen) atoms. The molecular formula is C23H31NO5. The van der Waals surface area contributed by atoms with E-state index in [9.17, 15) is 20.1 Å². The fraction of sp³-hybridized carbons (Fsp3) is 0.478. The van der Waals surface area contributed by atoms with Crippen molar-refractivity contribution in [3.05, 3.63) is 47.7 Å². The summed E-state index contributed by atoms with van der Waals surface area (Å²) < 4.78 is 0. The predicted molar refractivity (Wildman–Crippen MR) is 113 cm³/mol.